The molecule has 12 heteroatoms. The van der Waals surface area contributed by atoms with Crippen molar-refractivity contribution in [1.29, 1.82) is 0 Å². The van der Waals surface area contributed by atoms with Crippen LogP contribution in [0.25, 0.3) is 22.0 Å². The van der Waals surface area contributed by atoms with Crippen LogP contribution in [0.15, 0.2) is 132 Å². The number of aryl methyl sites for hydroxylation is 1. The fourth-order valence-electron chi connectivity index (χ4n) is 6.05. The van der Waals surface area contributed by atoms with Gasteiger partial charge in [0, 0.05) is 37.8 Å². The van der Waals surface area contributed by atoms with Crippen molar-refractivity contribution < 1.29 is 28.8 Å². The summed E-state index contributed by atoms with van der Waals surface area (Å²) < 4.78 is 11.0. The number of aromatic hydroxyl groups is 1. The van der Waals surface area contributed by atoms with Crippen molar-refractivity contribution in [2.75, 3.05) is 33.3 Å². The van der Waals surface area contributed by atoms with Gasteiger partial charge in [-0.1, -0.05) is 95.6 Å². The molecular weight excluding hydrogens is 697 g/mol. The highest BCUT2D eigenvalue weighted by Gasteiger charge is 2.27. The molecule has 0 aliphatic carbocycles. The molecule has 1 saturated heterocycles. The normalized spacial score (nSPS) is 13.8. The van der Waals surface area contributed by atoms with E-state index >= 15 is 0 Å². The Labute approximate surface area is 320 Å². The summed E-state index contributed by atoms with van der Waals surface area (Å²) in [5, 5.41) is 22.1. The zero-order valence-corrected chi connectivity index (χ0v) is 31.0. The lowest BCUT2D eigenvalue weighted by atomic mass is 10.0. The van der Waals surface area contributed by atoms with Crippen LogP contribution in [-0.2, 0) is 34.0 Å². The number of benzene rings is 5. The van der Waals surface area contributed by atoms with Crippen molar-refractivity contribution in [3.05, 3.63) is 150 Å². The summed E-state index contributed by atoms with van der Waals surface area (Å²) in [5.74, 6) is 1.52. The van der Waals surface area contributed by atoms with Gasteiger partial charge in [-0.25, -0.2) is 10.0 Å². The molecule has 6 aromatic rings. The average Bonchev–Trinajstić information content (AvgIpc) is 3.67. The Bertz CT molecular complexity index is 2100. The standard InChI is InChI=1S/C35H35N5O4.C7H8O.CH3NO/c1-43-30-16-14-28(15-17-30)33-20-31(44-37-33)23-40-24-34(41)36-18-19-38(22-29-12-7-11-27-10-5-6-13-32(27)29)35(42)25-39(40)21-26-8-3-2-4-9-26;1-6-2-4-7(8)5-3-6;2-1-3/h2-17,20H,18-19,21-25H2,1H3,(H,36,41);2-5,8H,1H3;1H,(H2,2,3). The number of amides is 3. The molecule has 0 spiro atoms. The number of phenolic OH excluding ortho intramolecular Hbond substituents is 1. The molecule has 1 aliphatic rings. The first kappa shape index (κ1) is 39.7. The number of nitrogens with two attached hydrogens (primary N) is 1. The van der Waals surface area contributed by atoms with Crippen molar-refractivity contribution >= 4 is 29.0 Å². The molecule has 3 amide bonds. The zero-order chi connectivity index (χ0) is 39.0. The van der Waals surface area contributed by atoms with Gasteiger partial charge in [0.1, 0.15) is 17.2 Å². The van der Waals surface area contributed by atoms with E-state index < -0.39 is 0 Å². The maximum atomic E-state index is 14.0. The zero-order valence-electron chi connectivity index (χ0n) is 31.0. The Hall–Kier alpha value is -6.50. The van der Waals surface area contributed by atoms with E-state index in [0.717, 1.165) is 33.2 Å². The lowest BCUT2D eigenvalue weighted by Gasteiger charge is -2.36. The third-order valence-electron chi connectivity index (χ3n) is 8.87. The van der Waals surface area contributed by atoms with Crippen LogP contribution < -0.4 is 15.8 Å². The first-order chi connectivity index (χ1) is 26.8. The molecule has 284 valence electrons. The van der Waals surface area contributed by atoms with Gasteiger partial charge in [-0.3, -0.25) is 14.4 Å². The van der Waals surface area contributed by atoms with Gasteiger partial charge in [-0.05, 0) is 65.2 Å². The van der Waals surface area contributed by atoms with Gasteiger partial charge in [-0.2, -0.15) is 0 Å². The summed E-state index contributed by atoms with van der Waals surface area (Å²) in [6.45, 7) is 4.10. The summed E-state index contributed by atoms with van der Waals surface area (Å²) in [6.07, 6.45) is 0.250. The molecule has 1 aliphatic heterocycles. The van der Waals surface area contributed by atoms with E-state index in [2.05, 4.69) is 40.5 Å². The first-order valence-corrected chi connectivity index (χ1v) is 17.8. The summed E-state index contributed by atoms with van der Waals surface area (Å²) in [7, 11) is 1.63. The predicted molar refractivity (Wildman–Crippen MR) is 211 cm³/mol. The van der Waals surface area contributed by atoms with Gasteiger partial charge in [0.15, 0.2) is 5.76 Å². The SMILES string of the molecule is COc1ccc(-c2cc(CN3CC(=O)NCCN(Cc4cccc5ccccc45)C(=O)CN3Cc3ccccc3)on2)cc1.Cc1ccc(O)cc1.NC=O. The molecule has 12 nitrogen and oxygen atoms in total. The highest BCUT2D eigenvalue weighted by Crippen LogP contribution is 2.24. The van der Waals surface area contributed by atoms with Crippen molar-refractivity contribution in [3.8, 4) is 22.8 Å². The largest absolute Gasteiger partial charge is 0.508 e. The Balaban J connectivity index is 0.000000459. The summed E-state index contributed by atoms with van der Waals surface area (Å²) in [4.78, 5) is 37.6. The van der Waals surface area contributed by atoms with Crippen LogP contribution in [0.1, 0.15) is 22.5 Å². The summed E-state index contributed by atoms with van der Waals surface area (Å²) >= 11 is 0. The molecule has 5 aromatic carbocycles. The topological polar surface area (TPSA) is 154 Å². The highest BCUT2D eigenvalue weighted by molar-refractivity contribution is 5.86. The second-order valence-corrected chi connectivity index (χ2v) is 12.8. The van der Waals surface area contributed by atoms with Gasteiger partial charge < -0.3 is 30.3 Å². The minimum Gasteiger partial charge on any atom is -0.508 e. The molecule has 0 unspecified atom stereocenters. The van der Waals surface area contributed by atoms with Crippen molar-refractivity contribution in [2.45, 2.75) is 26.6 Å². The first-order valence-electron chi connectivity index (χ1n) is 17.8. The van der Waals surface area contributed by atoms with Crippen LogP contribution in [0.3, 0.4) is 0 Å². The van der Waals surface area contributed by atoms with E-state index in [4.69, 9.17) is 19.2 Å². The van der Waals surface area contributed by atoms with E-state index in [0.29, 0.717) is 43.4 Å². The van der Waals surface area contributed by atoms with E-state index in [1.807, 2.05) is 113 Å². The van der Waals surface area contributed by atoms with Gasteiger partial charge in [0.25, 0.3) is 0 Å². The Morgan fingerprint density at radius 1 is 0.836 bits per heavy atom. The number of carbonyl (C=O) groups excluding carboxylic acids is 3. The second kappa shape index (κ2) is 20.1. The number of primary amides is 1. The number of phenols is 1. The van der Waals surface area contributed by atoms with E-state index in [-0.39, 0.29) is 37.9 Å². The molecule has 55 heavy (non-hydrogen) atoms. The Morgan fingerprint density at radius 3 is 2.22 bits per heavy atom. The number of nitrogens with one attached hydrogen (secondary N) is 1. The summed E-state index contributed by atoms with van der Waals surface area (Å²) in [6, 6.07) is 40.8. The highest BCUT2D eigenvalue weighted by atomic mass is 16.5. The number of fused-ring (bicyclic) bond motifs is 1. The van der Waals surface area contributed by atoms with Crippen molar-refractivity contribution in [3.63, 3.8) is 0 Å². The number of ether oxygens (including phenoxy) is 1. The number of aromatic nitrogens is 1. The average molecular weight is 743 g/mol. The van der Waals surface area contributed by atoms with Gasteiger partial charge >= 0.3 is 0 Å². The molecule has 1 aromatic heterocycles. The number of nitrogens with zero attached hydrogens (tertiary/aromatic N) is 4. The molecule has 1 fully saturated rings. The smallest absolute Gasteiger partial charge is 0.238 e. The molecule has 7 rings (SSSR count). The van der Waals surface area contributed by atoms with E-state index in [1.54, 1.807) is 19.2 Å². The number of hydrogen-bond acceptors (Lipinski definition) is 9. The molecule has 0 bridgehead atoms. The van der Waals surface area contributed by atoms with Crippen LogP contribution in [0.5, 0.6) is 11.5 Å². The fraction of sp³-hybridized carbons (Fsp3) is 0.209. The molecule has 2 heterocycles. The lowest BCUT2D eigenvalue weighted by molar-refractivity contribution is -0.146. The van der Waals surface area contributed by atoms with Crippen LogP contribution in [0.2, 0.25) is 0 Å². The third-order valence-corrected chi connectivity index (χ3v) is 8.87. The maximum Gasteiger partial charge on any atom is 0.238 e. The number of hydrazine groups is 1. The van der Waals surface area contributed by atoms with Crippen LogP contribution in [0, 0.1) is 6.92 Å². The number of methoxy groups -OCH3 is 1. The number of carbonyl (C=O) groups is 3. The minimum absolute atomic E-state index is 0.0218. The second-order valence-electron chi connectivity index (χ2n) is 12.8. The van der Waals surface area contributed by atoms with Gasteiger partial charge in [0.2, 0.25) is 18.2 Å². The van der Waals surface area contributed by atoms with Gasteiger partial charge in [-0.15, -0.1) is 0 Å². The molecule has 0 atom stereocenters. The molecule has 0 radical (unpaired) electrons. The Kier molecular flexibility index (Phi) is 14.5. The minimum atomic E-state index is -0.127. The van der Waals surface area contributed by atoms with Crippen LogP contribution in [-0.4, -0.2) is 76.7 Å². The van der Waals surface area contributed by atoms with E-state index in [9.17, 15) is 9.59 Å². The molecule has 0 saturated carbocycles. The summed E-state index contributed by atoms with van der Waals surface area (Å²) in [5.41, 5.74) is 9.00. The monoisotopic (exact) mass is 742 g/mol. The number of hydrogen-bond donors (Lipinski definition) is 3. The van der Waals surface area contributed by atoms with Gasteiger partial charge in [0.05, 0.1) is 26.7 Å². The Morgan fingerprint density at radius 2 is 1.51 bits per heavy atom. The third kappa shape index (κ3) is 11.7. The van der Waals surface area contributed by atoms with Crippen molar-refractivity contribution in [2.24, 2.45) is 5.73 Å². The van der Waals surface area contributed by atoms with E-state index in [1.165, 1.54) is 5.56 Å². The fourth-order valence-corrected chi connectivity index (χ4v) is 6.05. The maximum absolute atomic E-state index is 14.0. The lowest BCUT2D eigenvalue weighted by Crippen LogP contribution is -2.53. The molecular formula is C43H46N6O6. The molecule has 4 N–H and O–H groups in total. The van der Waals surface area contributed by atoms with Crippen LogP contribution >= 0.6 is 0 Å². The quantitative estimate of drug-likeness (QED) is 0.167. The predicted octanol–water partition coefficient (Wildman–Crippen LogP) is 5.68. The van der Waals surface area contributed by atoms with Crippen molar-refractivity contribution in [1.82, 2.24) is 25.4 Å². The van der Waals surface area contributed by atoms with Crippen LogP contribution in [0.4, 0.5) is 0 Å². The number of rotatable bonds is 8.